The molecule has 0 radical (unpaired) electrons. The van der Waals surface area contributed by atoms with Crippen molar-refractivity contribution in [2.24, 2.45) is 5.73 Å². The van der Waals surface area contributed by atoms with Gasteiger partial charge in [0.1, 0.15) is 10.7 Å². The lowest BCUT2D eigenvalue weighted by molar-refractivity contribution is 0.407. The van der Waals surface area contributed by atoms with E-state index in [0.717, 1.165) is 16.6 Å². The summed E-state index contributed by atoms with van der Waals surface area (Å²) in [4.78, 5) is -0.0759. The topological polar surface area (TPSA) is 35.2 Å². The third-order valence-corrected chi connectivity index (χ3v) is 3.08. The summed E-state index contributed by atoms with van der Waals surface area (Å²) in [5, 5.41) is 0. The molecule has 2 aromatic rings. The maximum absolute atomic E-state index is 13.7. The Morgan fingerprint density at radius 3 is 2.11 bits per heavy atom. The van der Waals surface area contributed by atoms with E-state index < -0.39 is 17.4 Å². The van der Waals surface area contributed by atoms with Crippen LogP contribution in [0, 0.1) is 11.6 Å². The molecule has 19 heavy (non-hydrogen) atoms. The molecule has 2 N–H and O–H groups in total. The number of thiocarbonyl (C=S) groups is 1. The van der Waals surface area contributed by atoms with Gasteiger partial charge in [-0.1, -0.05) is 28.1 Å². The molecule has 2 rings (SSSR count). The van der Waals surface area contributed by atoms with Gasteiger partial charge in [-0.05, 0) is 36.4 Å². The summed E-state index contributed by atoms with van der Waals surface area (Å²) in [6.45, 7) is 0. The second kappa shape index (κ2) is 5.63. The van der Waals surface area contributed by atoms with E-state index in [1.807, 2.05) is 0 Å². The largest absolute Gasteiger partial charge is 0.451 e. The van der Waals surface area contributed by atoms with E-state index in [2.05, 4.69) is 28.1 Å². The van der Waals surface area contributed by atoms with Crippen molar-refractivity contribution in [3.8, 4) is 11.5 Å². The van der Waals surface area contributed by atoms with Crippen LogP contribution in [0.3, 0.4) is 0 Å². The minimum absolute atomic E-state index is 0.0759. The Morgan fingerprint density at radius 2 is 1.63 bits per heavy atom. The lowest BCUT2D eigenvalue weighted by Gasteiger charge is -2.09. The van der Waals surface area contributed by atoms with Crippen molar-refractivity contribution in [2.45, 2.75) is 0 Å². The average molecular weight is 344 g/mol. The zero-order valence-corrected chi connectivity index (χ0v) is 11.9. The summed E-state index contributed by atoms with van der Waals surface area (Å²) < 4.78 is 33.5. The van der Waals surface area contributed by atoms with Gasteiger partial charge in [-0.15, -0.1) is 0 Å². The van der Waals surface area contributed by atoms with Gasteiger partial charge < -0.3 is 10.5 Å². The van der Waals surface area contributed by atoms with Gasteiger partial charge in [0.25, 0.3) is 0 Å². The Hall–Kier alpha value is -1.53. The molecule has 0 saturated heterocycles. The Bertz CT molecular complexity index is 608. The average Bonchev–Trinajstić information content (AvgIpc) is 2.35. The van der Waals surface area contributed by atoms with Gasteiger partial charge in [0.2, 0.25) is 0 Å². The van der Waals surface area contributed by atoms with E-state index in [1.165, 1.54) is 0 Å². The summed E-state index contributed by atoms with van der Waals surface area (Å²) >= 11 is 7.92. The molecule has 0 bridgehead atoms. The number of ether oxygens (including phenoxy) is 1. The maximum atomic E-state index is 13.7. The van der Waals surface area contributed by atoms with Crippen molar-refractivity contribution in [1.82, 2.24) is 0 Å². The van der Waals surface area contributed by atoms with Crippen molar-refractivity contribution >= 4 is 33.1 Å². The Morgan fingerprint density at radius 1 is 1.11 bits per heavy atom. The van der Waals surface area contributed by atoms with Crippen LogP contribution in [-0.4, -0.2) is 4.99 Å². The quantitative estimate of drug-likeness (QED) is 0.850. The predicted molar refractivity (Wildman–Crippen MR) is 76.5 cm³/mol. The van der Waals surface area contributed by atoms with Crippen LogP contribution >= 0.6 is 28.1 Å². The van der Waals surface area contributed by atoms with E-state index in [4.69, 9.17) is 10.5 Å². The smallest absolute Gasteiger partial charge is 0.198 e. The van der Waals surface area contributed by atoms with Crippen LogP contribution in [0.1, 0.15) is 5.56 Å². The molecular formula is C13H8BrF2NOS. The second-order valence-corrected chi connectivity index (χ2v) is 5.04. The summed E-state index contributed by atoms with van der Waals surface area (Å²) in [7, 11) is 0. The molecule has 0 saturated carbocycles. The molecule has 0 aliphatic rings. The number of halogens is 3. The minimum Gasteiger partial charge on any atom is -0.451 e. The summed E-state index contributed by atoms with van der Waals surface area (Å²) in [6.07, 6.45) is 0. The lowest BCUT2D eigenvalue weighted by atomic mass is 10.2. The van der Waals surface area contributed by atoms with Crippen LogP contribution in [0.4, 0.5) is 8.78 Å². The Balaban J connectivity index is 2.35. The normalized spacial score (nSPS) is 10.3. The van der Waals surface area contributed by atoms with Crippen LogP contribution in [0.5, 0.6) is 11.5 Å². The van der Waals surface area contributed by atoms with Crippen LogP contribution in [-0.2, 0) is 0 Å². The van der Waals surface area contributed by atoms with Gasteiger partial charge in [-0.3, -0.25) is 0 Å². The first-order valence-electron chi connectivity index (χ1n) is 5.19. The number of hydrogen-bond acceptors (Lipinski definition) is 2. The molecule has 0 spiro atoms. The Labute approximate surface area is 122 Å². The highest BCUT2D eigenvalue weighted by Gasteiger charge is 2.14. The van der Waals surface area contributed by atoms with E-state index in [-0.39, 0.29) is 10.6 Å². The molecule has 98 valence electrons. The number of rotatable bonds is 3. The van der Waals surface area contributed by atoms with Crippen LogP contribution in [0.25, 0.3) is 0 Å². The molecule has 0 fully saturated rings. The molecule has 0 heterocycles. The fraction of sp³-hybridized carbons (Fsp3) is 0. The van der Waals surface area contributed by atoms with E-state index in [0.29, 0.717) is 5.75 Å². The highest BCUT2D eigenvalue weighted by molar-refractivity contribution is 9.10. The Kier molecular flexibility index (Phi) is 4.11. The molecule has 0 unspecified atom stereocenters. The number of hydrogen-bond donors (Lipinski definition) is 1. The summed E-state index contributed by atoms with van der Waals surface area (Å²) in [5.74, 6) is -1.87. The van der Waals surface area contributed by atoms with Gasteiger partial charge in [0, 0.05) is 10.0 Å². The summed E-state index contributed by atoms with van der Waals surface area (Å²) in [5.41, 5.74) is 5.44. The van der Waals surface area contributed by atoms with E-state index in [9.17, 15) is 8.78 Å². The molecule has 2 aromatic carbocycles. The van der Waals surface area contributed by atoms with Gasteiger partial charge in [0.15, 0.2) is 17.4 Å². The maximum Gasteiger partial charge on any atom is 0.198 e. The predicted octanol–water partition coefficient (Wildman–Crippen LogP) is 4.15. The molecule has 0 aromatic heterocycles. The lowest BCUT2D eigenvalue weighted by Crippen LogP contribution is -2.10. The van der Waals surface area contributed by atoms with E-state index in [1.54, 1.807) is 24.3 Å². The number of nitrogens with two attached hydrogens (primary N) is 1. The fourth-order valence-electron chi connectivity index (χ4n) is 1.42. The third kappa shape index (κ3) is 3.27. The van der Waals surface area contributed by atoms with Crippen molar-refractivity contribution in [3.05, 3.63) is 58.1 Å². The molecule has 2 nitrogen and oxygen atoms in total. The number of benzene rings is 2. The first-order chi connectivity index (χ1) is 8.97. The monoisotopic (exact) mass is 343 g/mol. The molecular weight excluding hydrogens is 336 g/mol. The molecule has 0 atom stereocenters. The van der Waals surface area contributed by atoms with Crippen molar-refractivity contribution in [1.29, 1.82) is 0 Å². The van der Waals surface area contributed by atoms with Gasteiger partial charge >= 0.3 is 0 Å². The minimum atomic E-state index is -0.856. The zero-order valence-electron chi connectivity index (χ0n) is 9.49. The second-order valence-electron chi connectivity index (χ2n) is 3.69. The fourth-order valence-corrected chi connectivity index (χ4v) is 1.80. The molecule has 0 amide bonds. The van der Waals surface area contributed by atoms with Crippen LogP contribution in [0.2, 0.25) is 0 Å². The highest BCUT2D eigenvalue weighted by atomic mass is 79.9. The van der Waals surface area contributed by atoms with Gasteiger partial charge in [-0.25, -0.2) is 8.78 Å². The first kappa shape index (κ1) is 13.9. The van der Waals surface area contributed by atoms with Crippen LogP contribution in [0.15, 0.2) is 40.9 Å². The van der Waals surface area contributed by atoms with Crippen LogP contribution < -0.4 is 10.5 Å². The third-order valence-electron chi connectivity index (χ3n) is 2.32. The summed E-state index contributed by atoms with van der Waals surface area (Å²) in [6, 6.07) is 8.66. The van der Waals surface area contributed by atoms with Crippen molar-refractivity contribution in [2.75, 3.05) is 0 Å². The molecule has 0 aliphatic carbocycles. The van der Waals surface area contributed by atoms with Gasteiger partial charge in [-0.2, -0.15) is 0 Å². The van der Waals surface area contributed by atoms with Crippen molar-refractivity contribution in [3.63, 3.8) is 0 Å². The highest BCUT2D eigenvalue weighted by Crippen LogP contribution is 2.29. The first-order valence-corrected chi connectivity index (χ1v) is 6.40. The van der Waals surface area contributed by atoms with Gasteiger partial charge in [0.05, 0.1) is 0 Å². The standard InChI is InChI=1S/C13H8BrF2NOS/c14-8-1-3-9(4-2-8)18-12-10(15)5-7(13(17)19)6-11(12)16/h1-6H,(H2,17,19). The SMILES string of the molecule is NC(=S)c1cc(F)c(Oc2ccc(Br)cc2)c(F)c1. The molecule has 0 aliphatic heterocycles. The molecule has 6 heteroatoms. The van der Waals surface area contributed by atoms with E-state index >= 15 is 0 Å². The van der Waals surface area contributed by atoms with Crippen molar-refractivity contribution < 1.29 is 13.5 Å². The zero-order chi connectivity index (χ0) is 14.0.